The van der Waals surface area contributed by atoms with E-state index in [2.05, 4.69) is 430 Å². The molecule has 0 bridgehead atoms. The fourth-order valence-electron chi connectivity index (χ4n) is 29.2. The summed E-state index contributed by atoms with van der Waals surface area (Å²) in [6.07, 6.45) is 18.7. The van der Waals surface area contributed by atoms with Crippen molar-refractivity contribution in [1.82, 2.24) is 0 Å². The summed E-state index contributed by atoms with van der Waals surface area (Å²) < 4.78 is 0. The number of fused-ring (bicyclic) bond motifs is 18. The van der Waals surface area contributed by atoms with Gasteiger partial charge < -0.3 is 39.2 Å². The third kappa shape index (κ3) is 11.1. The maximum atomic E-state index is 2.76. The van der Waals surface area contributed by atoms with Gasteiger partial charge in [0.05, 0.1) is 22.2 Å². The monoisotopic (exact) mass is 1750 g/mol. The molecule has 134 heavy (non-hydrogen) atoms. The lowest BCUT2D eigenvalue weighted by molar-refractivity contribution is 0.195. The van der Waals surface area contributed by atoms with Crippen LogP contribution >= 0.6 is 0 Å². The predicted octanol–water partition coefficient (Wildman–Crippen LogP) is 32.7. The number of hydrogen-bond acceptors (Lipinski definition) is 8. The summed E-state index contributed by atoms with van der Waals surface area (Å²) in [7, 11) is 17.2. The minimum atomic E-state index is -0.134. The van der Waals surface area contributed by atoms with Gasteiger partial charge in [0, 0.05) is 146 Å². The van der Waals surface area contributed by atoms with Crippen molar-refractivity contribution in [3.63, 3.8) is 0 Å². The molecule has 670 valence electrons. The van der Waals surface area contributed by atoms with Gasteiger partial charge in [-0.15, -0.1) is 0 Å². The van der Waals surface area contributed by atoms with Crippen LogP contribution in [0.25, 0.3) is 131 Å². The number of benzene rings is 15. The maximum Gasteiger partial charge on any atom is 0.0517 e. The molecule has 8 unspecified atom stereocenters. The highest BCUT2D eigenvalue weighted by Gasteiger charge is 2.62. The van der Waals surface area contributed by atoms with Gasteiger partial charge in [0.15, 0.2) is 0 Å². The Labute approximate surface area is 793 Å². The van der Waals surface area contributed by atoms with E-state index < -0.39 is 0 Å². The molecule has 0 amide bonds. The molecular weight excluding hydrogens is 1630 g/mol. The molecule has 25 rings (SSSR count). The molecule has 0 saturated heterocycles. The molecule has 4 fully saturated rings. The van der Waals surface area contributed by atoms with Crippen LogP contribution in [-0.4, -0.2) is 78.5 Å². The van der Waals surface area contributed by atoms with Gasteiger partial charge in [0.25, 0.3) is 0 Å². The number of hydrogen-bond donors (Lipinski definition) is 0. The van der Waals surface area contributed by atoms with E-state index >= 15 is 0 Å². The van der Waals surface area contributed by atoms with Crippen LogP contribution in [0.4, 0.5) is 68.2 Å². The average molecular weight is 1750 g/mol. The van der Waals surface area contributed by atoms with E-state index in [1.807, 2.05) is 0 Å². The van der Waals surface area contributed by atoms with Crippen molar-refractivity contribution in [3.8, 4) is 66.8 Å². The second-order valence-corrected chi connectivity index (χ2v) is 44.3. The normalized spacial score (nSPS) is 24.4. The van der Waals surface area contributed by atoms with Crippen LogP contribution in [0.5, 0.6) is 0 Å². The first-order chi connectivity index (χ1) is 64.7. The van der Waals surface area contributed by atoms with Gasteiger partial charge in [-0.2, -0.15) is 0 Å². The van der Waals surface area contributed by atoms with Gasteiger partial charge in [-0.05, 0) is 378 Å². The minimum Gasteiger partial charge on any atom is -0.378 e. The molecule has 8 nitrogen and oxygen atoms in total. The molecule has 4 aliphatic carbocycles. The summed E-state index contributed by atoms with van der Waals surface area (Å²) in [5, 5.41) is 15.8. The Morgan fingerprint density at radius 2 is 0.418 bits per heavy atom. The molecule has 0 spiro atoms. The van der Waals surface area contributed by atoms with Crippen LogP contribution in [0.3, 0.4) is 0 Å². The first-order valence-corrected chi connectivity index (χ1v) is 50.2. The van der Waals surface area contributed by atoms with E-state index in [9.17, 15) is 0 Å². The Bertz CT molecular complexity index is 6810. The zero-order valence-electron chi connectivity index (χ0n) is 81.4. The Kier molecular flexibility index (Phi) is 18.2. The first-order valence-electron chi connectivity index (χ1n) is 50.2. The Morgan fingerprint density at radius 3 is 0.634 bits per heavy atom. The summed E-state index contributed by atoms with van der Waals surface area (Å²) in [5.41, 5.74) is 35.5. The van der Waals surface area contributed by atoms with Crippen LogP contribution in [0, 0.1) is 0 Å². The summed E-state index contributed by atoms with van der Waals surface area (Å²) in [6, 6.07) is 113. The molecule has 8 atom stereocenters. The Hall–Kier alpha value is -12.8. The predicted molar refractivity (Wildman–Crippen MR) is 575 cm³/mol. The maximum absolute atomic E-state index is 2.76. The molecule has 17 aromatic rings. The van der Waals surface area contributed by atoms with Crippen molar-refractivity contribution < 1.29 is 0 Å². The Balaban J connectivity index is 0.778. The number of anilines is 12. The fraction of sp³-hybridized carbons (Fsp3) is 0.317. The van der Waals surface area contributed by atoms with E-state index in [-0.39, 0.29) is 43.8 Å². The van der Waals surface area contributed by atoms with Gasteiger partial charge in [-0.25, -0.2) is 0 Å². The molecule has 4 aliphatic heterocycles. The van der Waals surface area contributed by atoms with Crippen LogP contribution in [0.2, 0.25) is 0 Å². The number of rotatable bonds is 14. The summed E-state index contributed by atoms with van der Waals surface area (Å²) in [5.74, 6) is 0. The van der Waals surface area contributed by atoms with Crippen molar-refractivity contribution in [2.24, 2.45) is 0 Å². The minimum absolute atomic E-state index is 0.113. The third-order valence-electron chi connectivity index (χ3n) is 37.2. The van der Waals surface area contributed by atoms with E-state index in [1.165, 1.54) is 273 Å². The quantitative estimate of drug-likeness (QED) is 0.106. The van der Waals surface area contributed by atoms with Gasteiger partial charge in [0.2, 0.25) is 0 Å². The lowest BCUT2D eigenvalue weighted by Crippen LogP contribution is -2.54. The van der Waals surface area contributed by atoms with E-state index in [1.54, 1.807) is 0 Å². The van der Waals surface area contributed by atoms with Crippen LogP contribution in [0.1, 0.15) is 180 Å². The molecule has 4 saturated carbocycles. The van der Waals surface area contributed by atoms with Crippen molar-refractivity contribution in [3.05, 3.63) is 301 Å². The average Bonchev–Trinajstić information content (AvgIpc) is 1.48. The van der Waals surface area contributed by atoms with E-state index in [0.29, 0.717) is 0 Å². The SMILES string of the molecule is CN(C)c1ccc(N2c3ccc(-c4ccc5c6c(-c7ccccc7)c7c8ccc(-c9ccc%10c(c9)C9(C)CCCCC9(C)N%10c9ccc(N(C)C)cc9)c9c(-c%10ccc%11c(c%10)C%10(C)CCCCC%10(C)N%11c%10ccc(N(C)C)cc%10)ccc(c7c(-c7ccccc7)c6c6ccc(-c7ccc%10c(c7)C7(C)CCCCC7(C)N%10c7ccc(N(C)C)cc7)c4c56)c98)cc3C3(C)CCCCC23C)cc1. The van der Waals surface area contributed by atoms with E-state index in [0.717, 1.165) is 51.4 Å². The van der Waals surface area contributed by atoms with Crippen molar-refractivity contribution in [2.45, 2.75) is 202 Å². The van der Waals surface area contributed by atoms with Crippen molar-refractivity contribution in [1.29, 1.82) is 0 Å². The van der Waals surface area contributed by atoms with Crippen molar-refractivity contribution >= 4 is 133 Å². The molecule has 8 aliphatic rings. The van der Waals surface area contributed by atoms with Crippen LogP contribution < -0.4 is 39.2 Å². The zero-order valence-corrected chi connectivity index (χ0v) is 81.4. The number of nitrogens with zero attached hydrogens (tertiary/aromatic N) is 8. The lowest BCUT2D eigenvalue weighted by Gasteiger charge is -2.50. The van der Waals surface area contributed by atoms with Gasteiger partial charge in [-0.1, -0.05) is 213 Å². The first kappa shape index (κ1) is 83.1. The zero-order chi connectivity index (χ0) is 91.6. The summed E-state index contributed by atoms with van der Waals surface area (Å²) >= 11 is 0. The van der Waals surface area contributed by atoms with Crippen molar-refractivity contribution in [2.75, 3.05) is 95.6 Å². The second kappa shape index (κ2) is 29.4. The Morgan fingerprint density at radius 1 is 0.201 bits per heavy atom. The van der Waals surface area contributed by atoms with Gasteiger partial charge >= 0.3 is 0 Å². The highest BCUT2D eigenvalue weighted by molar-refractivity contribution is 6.48. The molecule has 4 heterocycles. The fourth-order valence-corrected chi connectivity index (χ4v) is 29.2. The summed E-state index contributed by atoms with van der Waals surface area (Å²) in [6.45, 7) is 20.8. The largest absolute Gasteiger partial charge is 0.378 e. The lowest BCUT2D eigenvalue weighted by atomic mass is 9.61. The molecule has 0 aromatic heterocycles. The van der Waals surface area contributed by atoms with E-state index in [4.69, 9.17) is 0 Å². The van der Waals surface area contributed by atoms with Crippen LogP contribution in [-0.2, 0) is 21.7 Å². The highest BCUT2D eigenvalue weighted by Crippen LogP contribution is 2.69. The summed E-state index contributed by atoms with van der Waals surface area (Å²) in [4.78, 5) is 19.9. The highest BCUT2D eigenvalue weighted by atomic mass is 15.3. The van der Waals surface area contributed by atoms with Gasteiger partial charge in [0.1, 0.15) is 0 Å². The molecule has 0 radical (unpaired) electrons. The second-order valence-electron chi connectivity index (χ2n) is 44.3. The smallest absolute Gasteiger partial charge is 0.0517 e. The standard InChI is InChI=1S/C126H126N8/c1-119-67-23-27-71-123(119,5)131(89-47-39-85(40-48-89)127(9)10)105-63-35-81(75-101(105)119)93-55-59-97-113-98(60-56-94(111(93)113)82-36-64-106-102(76-82)120(2)68-24-28-72-124(120,6)132(106)90-49-41-86(42-50-90)128(11)12)116-110(80-33-21-18-22-34-80)118-100-62-58-96(84-38-66-108-104(78-84)122(4)70-26-30-74-126(122,8)134(108)92-53-45-88(46-54-92)130(15)16)112-95(57-61-99(114(100)112)117(118)109(115(97)116)79-31-19-17-20-32-79)83-37-65-107-103(77-83)121(3)69-25-29-73-125(121,7)133(107)91-51-43-87(44-52-91)129(13)14/h17-22,31-66,75-78H,23-30,67-74H2,1-16H3. The van der Waals surface area contributed by atoms with Gasteiger partial charge in [-0.3, -0.25) is 0 Å². The molecule has 17 aromatic carbocycles. The molecule has 0 N–H and O–H groups in total. The molecule has 8 heteroatoms. The molecular formula is C126H126N8. The topological polar surface area (TPSA) is 25.9 Å². The van der Waals surface area contributed by atoms with Crippen LogP contribution in [0.15, 0.2) is 279 Å². The third-order valence-corrected chi connectivity index (χ3v) is 37.2.